The summed E-state index contributed by atoms with van der Waals surface area (Å²) in [5, 5.41) is 0. The highest BCUT2D eigenvalue weighted by Crippen LogP contribution is 1.96. The van der Waals surface area contributed by atoms with Gasteiger partial charge in [0.1, 0.15) is 12.7 Å². The van der Waals surface area contributed by atoms with Crippen molar-refractivity contribution in [1.29, 1.82) is 0 Å². The lowest BCUT2D eigenvalue weighted by molar-refractivity contribution is 0.101. The first-order valence-electron chi connectivity index (χ1n) is 6.40. The van der Waals surface area contributed by atoms with Gasteiger partial charge in [0.2, 0.25) is 0 Å². The van der Waals surface area contributed by atoms with E-state index in [2.05, 4.69) is 19.9 Å². The Kier molecular flexibility index (Phi) is 7.04. The van der Waals surface area contributed by atoms with E-state index in [1.54, 1.807) is 11.1 Å². The van der Waals surface area contributed by atoms with E-state index in [1.807, 2.05) is 14.1 Å². The number of aromatic nitrogens is 4. The lowest BCUT2D eigenvalue weighted by Gasteiger charge is -2.02. The van der Waals surface area contributed by atoms with Crippen LogP contribution in [0.25, 0.3) is 0 Å². The van der Waals surface area contributed by atoms with Crippen LogP contribution in [0.2, 0.25) is 0 Å². The van der Waals surface area contributed by atoms with Gasteiger partial charge in [0.25, 0.3) is 0 Å². The maximum Gasteiger partial charge on any atom is 0.190 e. The molecule has 2 aromatic heterocycles. The Morgan fingerprint density at radius 2 is 1.36 bits per heavy atom. The van der Waals surface area contributed by atoms with Crippen molar-refractivity contribution >= 4 is 11.6 Å². The summed E-state index contributed by atoms with van der Waals surface area (Å²) in [4.78, 5) is 38.6. The summed E-state index contributed by atoms with van der Waals surface area (Å²) in [5.41, 5.74) is 1.05. The molecule has 7 heteroatoms. The molecule has 7 nitrogen and oxygen atoms in total. The molecule has 0 radical (unpaired) electrons. The molecular weight excluding hydrogens is 282 g/mol. The number of carbonyl (C=O) groups is 2. The molecule has 0 aliphatic rings. The van der Waals surface area contributed by atoms with Crippen molar-refractivity contribution in [3.8, 4) is 0 Å². The molecule has 0 aliphatic heterocycles. The highest BCUT2D eigenvalue weighted by atomic mass is 16.1. The van der Waals surface area contributed by atoms with Crippen LogP contribution in [0.5, 0.6) is 0 Å². The van der Waals surface area contributed by atoms with Crippen LogP contribution in [-0.4, -0.2) is 50.5 Å². The molecule has 0 atom stereocenters. The topological polar surface area (TPSA) is 88.9 Å². The molecule has 0 aromatic carbocycles. The van der Waals surface area contributed by atoms with Gasteiger partial charge in [-0.05, 0) is 6.92 Å². The van der Waals surface area contributed by atoms with E-state index >= 15 is 0 Å². The van der Waals surface area contributed by atoms with Crippen molar-refractivity contribution in [1.82, 2.24) is 24.8 Å². The standard InChI is InChI=1S/C9H11N3O.C6H6N2O/c1-12(2)4-3-9(13)8-5-10-7-11-6-8;1-5(9)6-2-7-4-8-3-6/h3-7H,1-2H3;2-4H,1H3/b4-3+;. The van der Waals surface area contributed by atoms with Gasteiger partial charge in [-0.15, -0.1) is 0 Å². The molecule has 0 aliphatic carbocycles. The van der Waals surface area contributed by atoms with E-state index in [1.165, 1.54) is 50.4 Å². The van der Waals surface area contributed by atoms with Gasteiger partial charge in [-0.2, -0.15) is 0 Å². The molecule has 22 heavy (non-hydrogen) atoms. The number of rotatable bonds is 4. The maximum absolute atomic E-state index is 11.4. The van der Waals surface area contributed by atoms with Crippen LogP contribution < -0.4 is 0 Å². The number of carbonyl (C=O) groups excluding carboxylic acids is 2. The lowest BCUT2D eigenvalue weighted by Crippen LogP contribution is -2.03. The van der Waals surface area contributed by atoms with E-state index in [0.717, 1.165) is 0 Å². The predicted molar refractivity (Wildman–Crippen MR) is 81.2 cm³/mol. The summed E-state index contributed by atoms with van der Waals surface area (Å²) in [5.74, 6) is -0.0927. The van der Waals surface area contributed by atoms with E-state index < -0.39 is 0 Å². The predicted octanol–water partition coefficient (Wildman–Crippen LogP) is 1.41. The Labute approximate surface area is 128 Å². The smallest absolute Gasteiger partial charge is 0.190 e. The van der Waals surface area contributed by atoms with Crippen molar-refractivity contribution in [3.63, 3.8) is 0 Å². The van der Waals surface area contributed by atoms with Gasteiger partial charge < -0.3 is 4.90 Å². The lowest BCUT2D eigenvalue weighted by atomic mass is 10.2. The van der Waals surface area contributed by atoms with E-state index in [4.69, 9.17) is 0 Å². The Hall–Kier alpha value is -2.96. The second-order valence-corrected chi connectivity index (χ2v) is 4.45. The van der Waals surface area contributed by atoms with Gasteiger partial charge in [0.05, 0.1) is 11.1 Å². The molecule has 0 saturated heterocycles. The first-order chi connectivity index (χ1) is 10.5. The second kappa shape index (κ2) is 9.06. The number of Topliss-reactive ketones (excluding diaryl/α,β-unsaturated/α-hetero) is 1. The largest absolute Gasteiger partial charge is 0.383 e. The van der Waals surface area contributed by atoms with Gasteiger partial charge in [0, 0.05) is 51.2 Å². The van der Waals surface area contributed by atoms with Crippen LogP contribution >= 0.6 is 0 Å². The van der Waals surface area contributed by atoms with E-state index in [9.17, 15) is 9.59 Å². The van der Waals surface area contributed by atoms with Crippen LogP contribution in [0.3, 0.4) is 0 Å². The summed E-state index contributed by atoms with van der Waals surface area (Å²) in [6, 6.07) is 0. The second-order valence-electron chi connectivity index (χ2n) is 4.45. The summed E-state index contributed by atoms with van der Waals surface area (Å²) >= 11 is 0. The number of nitrogens with zero attached hydrogens (tertiary/aromatic N) is 5. The first kappa shape index (κ1) is 17.1. The molecule has 114 valence electrons. The average Bonchev–Trinajstić information content (AvgIpc) is 2.55. The van der Waals surface area contributed by atoms with E-state index in [0.29, 0.717) is 11.1 Å². The highest BCUT2D eigenvalue weighted by molar-refractivity contribution is 6.03. The fraction of sp³-hybridized carbons (Fsp3) is 0.200. The zero-order chi connectivity index (χ0) is 16.4. The zero-order valence-electron chi connectivity index (χ0n) is 12.7. The minimum atomic E-state index is -0.0886. The third kappa shape index (κ3) is 6.47. The third-order valence-electron chi connectivity index (χ3n) is 2.34. The van der Waals surface area contributed by atoms with Gasteiger partial charge in [-0.3, -0.25) is 9.59 Å². The Morgan fingerprint density at radius 3 is 1.73 bits per heavy atom. The highest BCUT2D eigenvalue weighted by Gasteiger charge is 2.00. The maximum atomic E-state index is 11.4. The van der Waals surface area contributed by atoms with Crippen molar-refractivity contribution in [2.75, 3.05) is 14.1 Å². The molecule has 2 aromatic rings. The number of hydrogen-bond acceptors (Lipinski definition) is 7. The normalized spacial score (nSPS) is 9.77. The number of allylic oxidation sites excluding steroid dienone is 1. The molecule has 0 N–H and O–H groups in total. The Morgan fingerprint density at radius 1 is 0.909 bits per heavy atom. The molecule has 0 bridgehead atoms. The summed E-state index contributed by atoms with van der Waals surface area (Å²) in [6.45, 7) is 1.48. The molecular formula is C15H17N5O2. The third-order valence-corrected chi connectivity index (χ3v) is 2.34. The van der Waals surface area contributed by atoms with Gasteiger partial charge in [0.15, 0.2) is 11.6 Å². The Bertz CT molecular complexity index is 627. The summed E-state index contributed by atoms with van der Waals surface area (Å²) in [6.07, 6.45) is 11.9. The van der Waals surface area contributed by atoms with Gasteiger partial charge in [-0.25, -0.2) is 19.9 Å². The quantitative estimate of drug-likeness (QED) is 0.623. The molecule has 0 amide bonds. The molecule has 0 unspecified atom stereocenters. The molecule has 0 saturated carbocycles. The van der Waals surface area contributed by atoms with Crippen LogP contribution in [-0.2, 0) is 0 Å². The van der Waals surface area contributed by atoms with Gasteiger partial charge in [-0.1, -0.05) is 0 Å². The van der Waals surface area contributed by atoms with Crippen molar-refractivity contribution in [3.05, 3.63) is 60.8 Å². The first-order valence-corrected chi connectivity index (χ1v) is 6.40. The molecule has 2 rings (SSSR count). The molecule has 0 fully saturated rings. The summed E-state index contributed by atoms with van der Waals surface area (Å²) < 4.78 is 0. The van der Waals surface area contributed by atoms with Crippen LogP contribution in [0.4, 0.5) is 0 Å². The molecule has 2 heterocycles. The zero-order valence-corrected chi connectivity index (χ0v) is 12.7. The van der Waals surface area contributed by atoms with E-state index in [-0.39, 0.29) is 11.6 Å². The van der Waals surface area contributed by atoms with Crippen molar-refractivity contribution in [2.24, 2.45) is 0 Å². The average molecular weight is 299 g/mol. The Balaban J connectivity index is 0.000000235. The molecule has 0 spiro atoms. The minimum absolute atomic E-state index is 0.00407. The van der Waals surface area contributed by atoms with Crippen molar-refractivity contribution in [2.45, 2.75) is 6.92 Å². The number of ketones is 2. The monoisotopic (exact) mass is 299 g/mol. The minimum Gasteiger partial charge on any atom is -0.383 e. The summed E-state index contributed by atoms with van der Waals surface area (Å²) in [7, 11) is 3.70. The van der Waals surface area contributed by atoms with Gasteiger partial charge >= 0.3 is 0 Å². The van der Waals surface area contributed by atoms with Crippen LogP contribution in [0.1, 0.15) is 27.6 Å². The van der Waals surface area contributed by atoms with Crippen molar-refractivity contribution < 1.29 is 9.59 Å². The van der Waals surface area contributed by atoms with Crippen LogP contribution in [0.15, 0.2) is 49.7 Å². The SMILES string of the molecule is CC(=O)c1cncnc1.CN(C)/C=C/C(=O)c1cncnc1. The van der Waals surface area contributed by atoms with Crippen LogP contribution in [0, 0.1) is 0 Å². The number of hydrogen-bond donors (Lipinski definition) is 0. The fourth-order valence-electron chi connectivity index (χ4n) is 1.22. The fourth-order valence-corrected chi connectivity index (χ4v) is 1.22.